The minimum Gasteiger partial charge on any atom is -0.477 e. The second-order valence-electron chi connectivity index (χ2n) is 9.45. The van der Waals surface area contributed by atoms with Crippen molar-refractivity contribution >= 4 is 23.2 Å². The number of anilines is 1. The number of carbonyl (C=O) groups is 2. The van der Waals surface area contributed by atoms with E-state index in [1.54, 1.807) is 12.1 Å². The molecular formula is C29H23F2N5O4. The molecule has 2 aliphatic heterocycles. The number of ether oxygens (including phenoxy) is 1. The van der Waals surface area contributed by atoms with Crippen LogP contribution in [0.15, 0.2) is 77.8 Å². The lowest BCUT2D eigenvalue weighted by molar-refractivity contribution is -0.117. The molecule has 2 atom stereocenters. The van der Waals surface area contributed by atoms with Gasteiger partial charge in [-0.05, 0) is 18.2 Å². The van der Waals surface area contributed by atoms with E-state index in [-0.39, 0.29) is 48.4 Å². The van der Waals surface area contributed by atoms with Crippen molar-refractivity contribution in [2.24, 2.45) is 10.9 Å². The standard InChI is InChI=1S/C29H23F2N5O4/c30-18-10-11-19(21(31)12-18)25-23(29-36(35-25)13-16(14-37)15-40-29)27(38)34-26-28(39)32-22-9-5-4-8-20(22)24(33-26)17-6-2-1-3-7-17/h1-12,16,26,37H,13-15H2,(H,32,39)(H,34,38)/t16?,26-/m1/s1. The zero-order valence-corrected chi connectivity index (χ0v) is 21.0. The fourth-order valence-electron chi connectivity index (χ4n) is 4.77. The minimum atomic E-state index is -1.36. The van der Waals surface area contributed by atoms with Gasteiger partial charge in [-0.25, -0.2) is 18.5 Å². The Morgan fingerprint density at radius 1 is 1.07 bits per heavy atom. The predicted octanol–water partition coefficient (Wildman–Crippen LogP) is 3.37. The maximum absolute atomic E-state index is 14.9. The highest BCUT2D eigenvalue weighted by Gasteiger charge is 2.35. The Bertz CT molecular complexity index is 1650. The zero-order valence-electron chi connectivity index (χ0n) is 21.0. The first-order valence-corrected chi connectivity index (χ1v) is 12.6. The molecule has 1 unspecified atom stereocenters. The van der Waals surface area contributed by atoms with Gasteiger partial charge in [-0.1, -0.05) is 48.5 Å². The first-order chi connectivity index (χ1) is 19.4. The van der Waals surface area contributed by atoms with E-state index in [9.17, 15) is 23.5 Å². The molecule has 0 saturated carbocycles. The van der Waals surface area contributed by atoms with Crippen LogP contribution in [-0.4, -0.2) is 51.8 Å². The Kier molecular flexibility index (Phi) is 6.56. The van der Waals surface area contributed by atoms with Crippen LogP contribution >= 0.6 is 0 Å². The number of carbonyl (C=O) groups excluding carboxylic acids is 2. The quantitative estimate of drug-likeness (QED) is 0.357. The average molecular weight is 544 g/mol. The molecule has 2 aliphatic rings. The summed E-state index contributed by atoms with van der Waals surface area (Å²) >= 11 is 0. The van der Waals surface area contributed by atoms with Gasteiger partial charge >= 0.3 is 0 Å². The first kappa shape index (κ1) is 25.4. The topological polar surface area (TPSA) is 118 Å². The molecule has 3 aromatic carbocycles. The van der Waals surface area contributed by atoms with Crippen molar-refractivity contribution in [1.29, 1.82) is 0 Å². The van der Waals surface area contributed by atoms with E-state index >= 15 is 0 Å². The van der Waals surface area contributed by atoms with Gasteiger partial charge in [-0.15, -0.1) is 0 Å². The molecule has 0 aliphatic carbocycles. The van der Waals surface area contributed by atoms with E-state index in [0.29, 0.717) is 23.0 Å². The predicted molar refractivity (Wildman–Crippen MR) is 142 cm³/mol. The number of aliphatic imine (C=N–C) groups is 1. The number of hydrogen-bond acceptors (Lipinski definition) is 6. The van der Waals surface area contributed by atoms with Gasteiger partial charge in [0.1, 0.15) is 22.9 Å². The summed E-state index contributed by atoms with van der Waals surface area (Å²) in [7, 11) is 0. The third-order valence-electron chi connectivity index (χ3n) is 6.73. The lowest BCUT2D eigenvalue weighted by atomic mass is 10.0. The summed E-state index contributed by atoms with van der Waals surface area (Å²) < 4.78 is 35.7. The molecule has 3 heterocycles. The number of rotatable bonds is 5. The molecule has 1 aromatic heterocycles. The molecule has 0 spiro atoms. The van der Waals surface area contributed by atoms with E-state index in [1.807, 2.05) is 42.5 Å². The number of fused-ring (bicyclic) bond motifs is 2. The number of nitrogens with one attached hydrogen (secondary N) is 2. The largest absolute Gasteiger partial charge is 0.477 e. The number of aromatic nitrogens is 2. The van der Waals surface area contributed by atoms with Crippen LogP contribution in [0.2, 0.25) is 0 Å². The van der Waals surface area contributed by atoms with E-state index in [4.69, 9.17) is 4.74 Å². The second kappa shape index (κ2) is 10.3. The Labute approximate surface area is 227 Å². The van der Waals surface area contributed by atoms with Crippen LogP contribution in [0.4, 0.5) is 14.5 Å². The molecule has 3 N–H and O–H groups in total. The van der Waals surface area contributed by atoms with Gasteiger partial charge in [0.15, 0.2) is 0 Å². The van der Waals surface area contributed by atoms with Crippen LogP contribution < -0.4 is 15.4 Å². The van der Waals surface area contributed by atoms with Gasteiger partial charge in [0.05, 0.1) is 31.2 Å². The van der Waals surface area contributed by atoms with Gasteiger partial charge < -0.3 is 20.5 Å². The summed E-state index contributed by atoms with van der Waals surface area (Å²) in [6.45, 7) is 0.134. The molecule has 0 fully saturated rings. The summed E-state index contributed by atoms with van der Waals surface area (Å²) in [6, 6.07) is 19.3. The van der Waals surface area contributed by atoms with Crippen molar-refractivity contribution in [1.82, 2.24) is 15.1 Å². The molecule has 2 amide bonds. The molecule has 0 bridgehead atoms. The highest BCUT2D eigenvalue weighted by Crippen LogP contribution is 2.35. The third-order valence-corrected chi connectivity index (χ3v) is 6.73. The second-order valence-corrected chi connectivity index (χ2v) is 9.45. The number of amides is 2. The number of benzene rings is 3. The number of nitrogens with zero attached hydrogens (tertiary/aromatic N) is 3. The summed E-state index contributed by atoms with van der Waals surface area (Å²) in [5.41, 5.74) is 2.09. The molecule has 40 heavy (non-hydrogen) atoms. The maximum atomic E-state index is 14.9. The van der Waals surface area contributed by atoms with E-state index < -0.39 is 29.6 Å². The monoisotopic (exact) mass is 543 g/mol. The number of aliphatic hydroxyl groups excluding tert-OH is 1. The molecule has 0 radical (unpaired) electrons. The van der Waals surface area contributed by atoms with Crippen molar-refractivity contribution < 1.29 is 28.2 Å². The Hall–Kier alpha value is -4.90. The molecular weight excluding hydrogens is 520 g/mol. The van der Waals surface area contributed by atoms with Crippen molar-refractivity contribution in [3.05, 3.63) is 101 Å². The van der Waals surface area contributed by atoms with Crippen LogP contribution in [-0.2, 0) is 11.3 Å². The van der Waals surface area contributed by atoms with Crippen molar-refractivity contribution in [2.45, 2.75) is 12.7 Å². The van der Waals surface area contributed by atoms with Crippen LogP contribution in [0, 0.1) is 17.6 Å². The smallest absolute Gasteiger partial charge is 0.269 e. The van der Waals surface area contributed by atoms with Crippen LogP contribution in [0.5, 0.6) is 5.88 Å². The van der Waals surface area contributed by atoms with Gasteiger partial charge in [-0.3, -0.25) is 9.59 Å². The molecule has 0 saturated heterocycles. The number of benzodiazepines with no additional fused rings is 1. The van der Waals surface area contributed by atoms with Crippen molar-refractivity contribution in [2.75, 3.05) is 18.5 Å². The third kappa shape index (κ3) is 4.60. The first-order valence-electron chi connectivity index (χ1n) is 12.6. The number of halogens is 2. The van der Waals surface area contributed by atoms with E-state index in [2.05, 4.69) is 20.7 Å². The lowest BCUT2D eigenvalue weighted by Gasteiger charge is -2.23. The fraction of sp³-hybridized carbons (Fsp3) is 0.172. The summed E-state index contributed by atoms with van der Waals surface area (Å²) in [5.74, 6) is -3.32. The van der Waals surface area contributed by atoms with Crippen LogP contribution in [0.3, 0.4) is 0 Å². The number of hydrogen-bond donors (Lipinski definition) is 3. The van der Waals surface area contributed by atoms with Gasteiger partial charge in [0.2, 0.25) is 12.0 Å². The Balaban J connectivity index is 1.43. The highest BCUT2D eigenvalue weighted by molar-refractivity contribution is 6.20. The average Bonchev–Trinajstić information content (AvgIpc) is 3.27. The Morgan fingerprint density at radius 3 is 2.62 bits per heavy atom. The van der Waals surface area contributed by atoms with Gasteiger partial charge in [0.25, 0.3) is 11.8 Å². The van der Waals surface area contributed by atoms with E-state index in [1.165, 1.54) is 10.7 Å². The molecule has 9 nitrogen and oxygen atoms in total. The summed E-state index contributed by atoms with van der Waals surface area (Å²) in [6.07, 6.45) is -1.36. The summed E-state index contributed by atoms with van der Waals surface area (Å²) in [4.78, 5) is 31.7. The minimum absolute atomic E-state index is 0.0468. The Morgan fingerprint density at radius 2 is 1.85 bits per heavy atom. The van der Waals surface area contributed by atoms with E-state index in [0.717, 1.165) is 11.6 Å². The molecule has 6 rings (SSSR count). The highest BCUT2D eigenvalue weighted by atomic mass is 19.1. The molecule has 11 heteroatoms. The van der Waals surface area contributed by atoms with Crippen LogP contribution in [0.1, 0.15) is 21.5 Å². The maximum Gasteiger partial charge on any atom is 0.269 e. The van der Waals surface area contributed by atoms with Gasteiger partial charge in [0, 0.05) is 28.7 Å². The van der Waals surface area contributed by atoms with Crippen molar-refractivity contribution in [3.8, 4) is 17.1 Å². The SMILES string of the molecule is O=C(N[C@H]1N=C(c2ccccc2)c2ccccc2NC1=O)c1c(-c2ccc(F)cc2F)nn2c1OCC(CO)C2. The summed E-state index contributed by atoms with van der Waals surface area (Å²) in [5, 5.41) is 19.4. The molecule has 4 aromatic rings. The number of aliphatic hydroxyl groups is 1. The lowest BCUT2D eigenvalue weighted by Crippen LogP contribution is -2.42. The molecule has 202 valence electrons. The van der Waals surface area contributed by atoms with Gasteiger partial charge in [-0.2, -0.15) is 5.10 Å². The zero-order chi connectivity index (χ0) is 27.8. The van der Waals surface area contributed by atoms with Crippen LogP contribution in [0.25, 0.3) is 11.3 Å². The fourth-order valence-corrected chi connectivity index (χ4v) is 4.77. The number of para-hydroxylation sites is 1. The normalized spacial score (nSPS) is 18.0. The van der Waals surface area contributed by atoms with Crippen molar-refractivity contribution in [3.63, 3.8) is 0 Å².